The summed E-state index contributed by atoms with van der Waals surface area (Å²) in [6.45, 7) is 2.38. The van der Waals surface area contributed by atoms with Crippen molar-refractivity contribution in [1.82, 2.24) is 0 Å². The van der Waals surface area contributed by atoms with Crippen molar-refractivity contribution < 1.29 is 14.3 Å². The van der Waals surface area contributed by atoms with E-state index in [2.05, 4.69) is 0 Å². The maximum atomic E-state index is 10.7. The molecule has 0 aliphatic heterocycles. The molecule has 1 heterocycles. The minimum atomic E-state index is -0.980. The first-order chi connectivity index (χ1) is 5.75. The smallest absolute Gasteiger partial charge is 0.414 e. The molecule has 12 heavy (non-hydrogen) atoms. The van der Waals surface area contributed by atoms with Crippen LogP contribution >= 0.6 is 0 Å². The Bertz CT molecular complexity index is 243. The van der Waals surface area contributed by atoms with Crippen LogP contribution in [0.3, 0.4) is 0 Å². The van der Waals surface area contributed by atoms with E-state index in [1.807, 2.05) is 6.92 Å². The molecule has 0 saturated heterocycles. The standard InChI is InChI=1S/C8H11NO3/c1-2-5-9(8(10)11)7-4-3-6-12-7/h3-4,6H,2,5H2,1H3,(H,10,11). The van der Waals surface area contributed by atoms with Gasteiger partial charge >= 0.3 is 6.09 Å². The lowest BCUT2D eigenvalue weighted by molar-refractivity contribution is 0.200. The molecule has 0 aliphatic carbocycles. The van der Waals surface area contributed by atoms with Crippen LogP contribution in [0.25, 0.3) is 0 Å². The van der Waals surface area contributed by atoms with Gasteiger partial charge in [0.2, 0.25) is 5.88 Å². The number of anilines is 1. The summed E-state index contributed by atoms with van der Waals surface area (Å²) in [7, 11) is 0. The molecule has 0 bridgehead atoms. The summed E-state index contributed by atoms with van der Waals surface area (Å²) in [6, 6.07) is 3.30. The third kappa shape index (κ3) is 1.78. The fraction of sp³-hybridized carbons (Fsp3) is 0.375. The zero-order valence-electron chi connectivity index (χ0n) is 6.86. The van der Waals surface area contributed by atoms with E-state index in [-0.39, 0.29) is 0 Å². The second kappa shape index (κ2) is 3.80. The van der Waals surface area contributed by atoms with Crippen molar-refractivity contribution >= 4 is 12.0 Å². The van der Waals surface area contributed by atoms with Crippen molar-refractivity contribution in [3.63, 3.8) is 0 Å². The summed E-state index contributed by atoms with van der Waals surface area (Å²) in [4.78, 5) is 11.8. The fourth-order valence-corrected chi connectivity index (χ4v) is 0.947. The number of hydrogen-bond donors (Lipinski definition) is 1. The van der Waals surface area contributed by atoms with Crippen molar-refractivity contribution in [2.24, 2.45) is 0 Å². The van der Waals surface area contributed by atoms with Gasteiger partial charge < -0.3 is 9.52 Å². The van der Waals surface area contributed by atoms with E-state index >= 15 is 0 Å². The Morgan fingerprint density at radius 2 is 2.50 bits per heavy atom. The van der Waals surface area contributed by atoms with Crippen LogP contribution in [0, 0.1) is 0 Å². The lowest BCUT2D eigenvalue weighted by atomic mass is 10.4. The van der Waals surface area contributed by atoms with Gasteiger partial charge in [-0.05, 0) is 12.5 Å². The van der Waals surface area contributed by atoms with Crippen LogP contribution < -0.4 is 4.90 Å². The molecule has 1 aromatic heterocycles. The fourth-order valence-electron chi connectivity index (χ4n) is 0.947. The minimum absolute atomic E-state index is 0.379. The molecule has 0 spiro atoms. The SMILES string of the molecule is CCCN(C(=O)O)c1ccco1. The molecule has 4 heteroatoms. The van der Waals surface area contributed by atoms with Crippen LogP contribution in [0.5, 0.6) is 0 Å². The van der Waals surface area contributed by atoms with Gasteiger partial charge in [-0.15, -0.1) is 0 Å². The van der Waals surface area contributed by atoms with Crippen LogP contribution in [0.2, 0.25) is 0 Å². The lowest BCUT2D eigenvalue weighted by Gasteiger charge is -2.13. The number of carboxylic acid groups (broad SMARTS) is 1. The first kappa shape index (κ1) is 8.64. The molecule has 0 aromatic carbocycles. The van der Waals surface area contributed by atoms with Gasteiger partial charge in [0.1, 0.15) is 0 Å². The van der Waals surface area contributed by atoms with Gasteiger partial charge in [0.05, 0.1) is 6.26 Å². The number of nitrogens with zero attached hydrogens (tertiary/aromatic N) is 1. The van der Waals surface area contributed by atoms with Crippen molar-refractivity contribution in [3.05, 3.63) is 18.4 Å². The number of carbonyl (C=O) groups is 1. The van der Waals surface area contributed by atoms with Gasteiger partial charge in [0, 0.05) is 12.6 Å². The second-order valence-corrected chi connectivity index (χ2v) is 2.39. The Morgan fingerprint density at radius 3 is 2.92 bits per heavy atom. The number of hydrogen-bond acceptors (Lipinski definition) is 2. The van der Waals surface area contributed by atoms with Crippen LogP contribution in [0.1, 0.15) is 13.3 Å². The number of amides is 1. The molecule has 0 atom stereocenters. The Balaban J connectivity index is 2.73. The van der Waals surface area contributed by atoms with Gasteiger partial charge in [-0.2, -0.15) is 0 Å². The molecule has 0 saturated carbocycles. The zero-order chi connectivity index (χ0) is 8.97. The molecular weight excluding hydrogens is 158 g/mol. The predicted octanol–water partition coefficient (Wildman–Crippen LogP) is 2.17. The highest BCUT2D eigenvalue weighted by atomic mass is 16.4. The number of rotatable bonds is 3. The molecule has 4 nitrogen and oxygen atoms in total. The van der Waals surface area contributed by atoms with Crippen molar-refractivity contribution in [1.29, 1.82) is 0 Å². The van der Waals surface area contributed by atoms with Crippen molar-refractivity contribution in [2.75, 3.05) is 11.4 Å². The summed E-state index contributed by atoms with van der Waals surface area (Å²) in [6.07, 6.45) is 1.25. The first-order valence-corrected chi connectivity index (χ1v) is 3.79. The molecule has 1 rings (SSSR count). The lowest BCUT2D eigenvalue weighted by Crippen LogP contribution is -2.29. The molecule has 0 unspecified atom stereocenters. The van der Waals surface area contributed by atoms with Gasteiger partial charge in [0.15, 0.2) is 0 Å². The van der Waals surface area contributed by atoms with Gasteiger partial charge in [-0.3, -0.25) is 0 Å². The monoisotopic (exact) mass is 169 g/mol. The summed E-state index contributed by atoms with van der Waals surface area (Å²) < 4.78 is 4.95. The highest BCUT2D eigenvalue weighted by Crippen LogP contribution is 2.14. The molecule has 0 fully saturated rings. The molecule has 66 valence electrons. The van der Waals surface area contributed by atoms with E-state index in [1.165, 1.54) is 11.2 Å². The third-order valence-electron chi connectivity index (χ3n) is 1.45. The Labute approximate surface area is 70.4 Å². The second-order valence-electron chi connectivity index (χ2n) is 2.39. The molecule has 0 aliphatic rings. The summed E-state index contributed by atoms with van der Waals surface area (Å²) in [5.74, 6) is 0.379. The minimum Gasteiger partial charge on any atom is -0.465 e. The van der Waals surface area contributed by atoms with Crippen LogP contribution in [0.4, 0.5) is 10.7 Å². The highest BCUT2D eigenvalue weighted by Gasteiger charge is 2.14. The Morgan fingerprint density at radius 1 is 1.75 bits per heavy atom. The Kier molecular flexibility index (Phi) is 2.74. The average molecular weight is 169 g/mol. The third-order valence-corrected chi connectivity index (χ3v) is 1.45. The van der Waals surface area contributed by atoms with E-state index in [4.69, 9.17) is 9.52 Å². The predicted molar refractivity (Wildman–Crippen MR) is 44.4 cm³/mol. The summed E-state index contributed by atoms with van der Waals surface area (Å²) in [5.41, 5.74) is 0. The average Bonchev–Trinajstić information content (AvgIpc) is 2.51. The van der Waals surface area contributed by atoms with Crippen LogP contribution in [0.15, 0.2) is 22.8 Å². The summed E-state index contributed by atoms with van der Waals surface area (Å²) >= 11 is 0. The Hall–Kier alpha value is -1.45. The molecule has 1 aromatic rings. The number of furan rings is 1. The van der Waals surface area contributed by atoms with E-state index in [0.717, 1.165) is 6.42 Å². The molecule has 1 N–H and O–H groups in total. The molecule has 1 amide bonds. The van der Waals surface area contributed by atoms with E-state index in [1.54, 1.807) is 12.1 Å². The zero-order valence-corrected chi connectivity index (χ0v) is 6.86. The maximum absolute atomic E-state index is 10.7. The maximum Gasteiger partial charge on any atom is 0.414 e. The van der Waals surface area contributed by atoms with Crippen LogP contribution in [-0.2, 0) is 0 Å². The van der Waals surface area contributed by atoms with Crippen molar-refractivity contribution in [2.45, 2.75) is 13.3 Å². The van der Waals surface area contributed by atoms with Crippen LogP contribution in [-0.4, -0.2) is 17.7 Å². The molecule has 0 radical (unpaired) electrons. The summed E-state index contributed by atoms with van der Waals surface area (Å²) in [5, 5.41) is 8.74. The molecular formula is C8H11NO3. The first-order valence-electron chi connectivity index (χ1n) is 3.79. The topological polar surface area (TPSA) is 53.7 Å². The van der Waals surface area contributed by atoms with E-state index in [0.29, 0.717) is 12.4 Å². The largest absolute Gasteiger partial charge is 0.465 e. The van der Waals surface area contributed by atoms with Crippen molar-refractivity contribution in [3.8, 4) is 0 Å². The quantitative estimate of drug-likeness (QED) is 0.754. The van der Waals surface area contributed by atoms with Gasteiger partial charge in [-0.25, -0.2) is 9.69 Å². The van der Waals surface area contributed by atoms with E-state index in [9.17, 15) is 4.79 Å². The highest BCUT2D eigenvalue weighted by molar-refractivity contribution is 5.83. The van der Waals surface area contributed by atoms with E-state index < -0.39 is 6.09 Å². The van der Waals surface area contributed by atoms with Gasteiger partial charge in [-0.1, -0.05) is 6.92 Å². The normalized spacial score (nSPS) is 9.75. The van der Waals surface area contributed by atoms with Gasteiger partial charge in [0.25, 0.3) is 0 Å².